The van der Waals surface area contributed by atoms with Crippen molar-refractivity contribution < 1.29 is 14.3 Å². The van der Waals surface area contributed by atoms with Crippen LogP contribution in [0.4, 0.5) is 5.69 Å². The molecular formula is C16H27IN6O3. The number of aryl methyl sites for hydroxylation is 1. The molecule has 1 unspecified atom stereocenters. The summed E-state index contributed by atoms with van der Waals surface area (Å²) in [6.07, 6.45) is 3.51. The Kier molecular flexibility index (Phi) is 8.82. The number of rotatable bonds is 5. The Morgan fingerprint density at radius 3 is 2.73 bits per heavy atom. The fraction of sp³-hybridized carbons (Fsp3) is 0.625. The monoisotopic (exact) mass is 478 g/mol. The molecule has 0 aliphatic carbocycles. The zero-order valence-electron chi connectivity index (χ0n) is 15.6. The van der Waals surface area contributed by atoms with Gasteiger partial charge in [-0.1, -0.05) is 6.92 Å². The van der Waals surface area contributed by atoms with Crippen molar-refractivity contribution in [1.82, 2.24) is 20.0 Å². The highest BCUT2D eigenvalue weighted by Gasteiger charge is 2.27. The average molecular weight is 478 g/mol. The van der Waals surface area contributed by atoms with Crippen LogP contribution in [-0.2, 0) is 21.4 Å². The zero-order chi connectivity index (χ0) is 18.4. The van der Waals surface area contributed by atoms with Gasteiger partial charge in [0.1, 0.15) is 6.54 Å². The number of guanidine groups is 1. The number of hydrogen-bond acceptors (Lipinski definition) is 5. The molecule has 1 aromatic heterocycles. The van der Waals surface area contributed by atoms with Gasteiger partial charge in [-0.3, -0.25) is 19.3 Å². The number of carbonyl (C=O) groups is 2. The van der Waals surface area contributed by atoms with Crippen LogP contribution in [0.3, 0.4) is 0 Å². The van der Waals surface area contributed by atoms with Gasteiger partial charge in [-0.15, -0.1) is 24.0 Å². The SMILES string of the molecule is CCNC(=NCC(C)C(=O)OC)N1CCN(c2cnn(C)c2)C(=O)C1.I. The Morgan fingerprint density at radius 1 is 1.46 bits per heavy atom. The summed E-state index contributed by atoms with van der Waals surface area (Å²) in [5, 5.41) is 7.29. The van der Waals surface area contributed by atoms with Gasteiger partial charge in [0, 0.05) is 32.9 Å². The molecule has 1 saturated heterocycles. The molecule has 0 bridgehead atoms. The lowest BCUT2D eigenvalue weighted by atomic mass is 10.2. The van der Waals surface area contributed by atoms with E-state index >= 15 is 0 Å². The van der Waals surface area contributed by atoms with Crippen molar-refractivity contribution in [1.29, 1.82) is 0 Å². The number of amides is 1. The van der Waals surface area contributed by atoms with E-state index < -0.39 is 0 Å². The molecule has 0 radical (unpaired) electrons. The third kappa shape index (κ3) is 5.58. The second-order valence-corrected chi connectivity index (χ2v) is 5.96. The van der Waals surface area contributed by atoms with Crippen LogP contribution in [0.5, 0.6) is 0 Å². The van der Waals surface area contributed by atoms with Crippen LogP contribution >= 0.6 is 24.0 Å². The number of nitrogens with zero attached hydrogens (tertiary/aromatic N) is 5. The third-order valence-corrected chi connectivity index (χ3v) is 3.98. The molecule has 9 nitrogen and oxygen atoms in total. The molecule has 0 saturated carbocycles. The van der Waals surface area contributed by atoms with Crippen LogP contribution in [0.1, 0.15) is 13.8 Å². The first-order valence-electron chi connectivity index (χ1n) is 8.36. The minimum Gasteiger partial charge on any atom is -0.469 e. The topological polar surface area (TPSA) is 92.1 Å². The maximum Gasteiger partial charge on any atom is 0.310 e. The van der Waals surface area contributed by atoms with Gasteiger partial charge in [-0.2, -0.15) is 5.10 Å². The summed E-state index contributed by atoms with van der Waals surface area (Å²) in [5.74, 6) is 0.00595. The van der Waals surface area contributed by atoms with E-state index in [9.17, 15) is 9.59 Å². The Morgan fingerprint density at radius 2 is 2.19 bits per heavy atom. The van der Waals surface area contributed by atoms with E-state index in [2.05, 4.69) is 15.4 Å². The summed E-state index contributed by atoms with van der Waals surface area (Å²) in [6.45, 7) is 6.17. The quantitative estimate of drug-likeness (QED) is 0.286. The second kappa shape index (κ2) is 10.3. The maximum absolute atomic E-state index is 12.5. The second-order valence-electron chi connectivity index (χ2n) is 5.96. The molecule has 2 heterocycles. The van der Waals surface area contributed by atoms with Crippen molar-refractivity contribution in [2.24, 2.45) is 18.0 Å². The summed E-state index contributed by atoms with van der Waals surface area (Å²) < 4.78 is 6.40. The fourth-order valence-electron chi connectivity index (χ4n) is 2.60. The molecular weight excluding hydrogens is 451 g/mol. The molecule has 1 aromatic rings. The Hall–Kier alpha value is -1.85. The van der Waals surface area contributed by atoms with E-state index in [0.29, 0.717) is 32.1 Å². The summed E-state index contributed by atoms with van der Waals surface area (Å²) in [7, 11) is 3.19. The van der Waals surface area contributed by atoms with Gasteiger partial charge < -0.3 is 19.9 Å². The molecule has 2 rings (SSSR count). The van der Waals surface area contributed by atoms with E-state index in [4.69, 9.17) is 4.74 Å². The predicted molar refractivity (Wildman–Crippen MR) is 110 cm³/mol. The number of halogens is 1. The van der Waals surface area contributed by atoms with Crippen LogP contribution in [0.25, 0.3) is 0 Å². The molecule has 1 atom stereocenters. The molecule has 1 aliphatic heterocycles. The number of nitrogens with one attached hydrogen (secondary N) is 1. The number of hydrogen-bond donors (Lipinski definition) is 1. The van der Waals surface area contributed by atoms with Crippen molar-refractivity contribution in [3.8, 4) is 0 Å². The first-order valence-corrected chi connectivity index (χ1v) is 8.36. The molecule has 1 fully saturated rings. The van der Waals surface area contributed by atoms with E-state index in [1.54, 1.807) is 22.7 Å². The molecule has 0 spiro atoms. The summed E-state index contributed by atoms with van der Waals surface area (Å²) in [5.41, 5.74) is 0.799. The Labute approximate surface area is 170 Å². The number of methoxy groups -OCH3 is 1. The smallest absolute Gasteiger partial charge is 0.310 e. The van der Waals surface area contributed by atoms with Gasteiger partial charge in [0.05, 0.1) is 31.5 Å². The number of anilines is 1. The van der Waals surface area contributed by atoms with Gasteiger partial charge >= 0.3 is 5.97 Å². The zero-order valence-corrected chi connectivity index (χ0v) is 18.0. The molecule has 0 aromatic carbocycles. The molecule has 1 aliphatic rings. The van der Waals surface area contributed by atoms with Crippen LogP contribution < -0.4 is 10.2 Å². The number of aliphatic imine (C=N–C) groups is 1. The first kappa shape index (κ1) is 22.2. The highest BCUT2D eigenvalue weighted by Crippen LogP contribution is 2.16. The summed E-state index contributed by atoms with van der Waals surface area (Å²) >= 11 is 0. The number of aromatic nitrogens is 2. The Balaban J connectivity index is 0.00000338. The van der Waals surface area contributed by atoms with Crippen LogP contribution in [-0.4, -0.2) is 72.4 Å². The van der Waals surface area contributed by atoms with Crippen molar-refractivity contribution in [2.45, 2.75) is 13.8 Å². The lowest BCUT2D eigenvalue weighted by molar-refractivity contribution is -0.144. The van der Waals surface area contributed by atoms with Crippen molar-refractivity contribution >= 4 is 47.5 Å². The average Bonchev–Trinajstić information content (AvgIpc) is 3.03. The van der Waals surface area contributed by atoms with E-state index in [1.165, 1.54) is 7.11 Å². The van der Waals surface area contributed by atoms with Crippen LogP contribution in [0.2, 0.25) is 0 Å². The molecule has 146 valence electrons. The standard InChI is InChI=1S/C16H26N6O3.HI/c1-5-17-16(18-8-12(2)15(24)25-4)21-6-7-22(14(23)11-21)13-9-19-20(3)10-13;/h9-10,12H,5-8,11H2,1-4H3,(H,17,18);1H. The van der Waals surface area contributed by atoms with E-state index in [1.807, 2.05) is 25.1 Å². The number of esters is 1. The van der Waals surface area contributed by atoms with E-state index in [0.717, 1.165) is 5.69 Å². The van der Waals surface area contributed by atoms with E-state index in [-0.39, 0.29) is 48.3 Å². The summed E-state index contributed by atoms with van der Waals surface area (Å²) in [4.78, 5) is 32.1. The van der Waals surface area contributed by atoms with Gasteiger partial charge in [0.15, 0.2) is 5.96 Å². The largest absolute Gasteiger partial charge is 0.469 e. The molecule has 26 heavy (non-hydrogen) atoms. The lowest BCUT2D eigenvalue weighted by Crippen LogP contribution is -2.55. The predicted octanol–water partition coefficient (Wildman–Crippen LogP) is 0.461. The number of carbonyl (C=O) groups excluding carboxylic acids is 2. The van der Waals surface area contributed by atoms with Gasteiger partial charge in [-0.05, 0) is 6.92 Å². The van der Waals surface area contributed by atoms with Crippen LogP contribution in [0.15, 0.2) is 17.4 Å². The Bertz CT molecular complexity index is 648. The highest BCUT2D eigenvalue weighted by molar-refractivity contribution is 14.0. The van der Waals surface area contributed by atoms with Crippen molar-refractivity contribution in [3.05, 3.63) is 12.4 Å². The van der Waals surface area contributed by atoms with Crippen molar-refractivity contribution in [2.75, 3.05) is 44.7 Å². The fourth-order valence-corrected chi connectivity index (χ4v) is 2.60. The van der Waals surface area contributed by atoms with Gasteiger partial charge in [0.2, 0.25) is 5.91 Å². The van der Waals surface area contributed by atoms with Gasteiger partial charge in [0.25, 0.3) is 0 Å². The number of ether oxygens (including phenoxy) is 1. The molecule has 10 heteroatoms. The highest BCUT2D eigenvalue weighted by atomic mass is 127. The van der Waals surface area contributed by atoms with Crippen LogP contribution in [0, 0.1) is 5.92 Å². The molecule has 1 N–H and O–H groups in total. The normalized spacial score (nSPS) is 16.2. The first-order chi connectivity index (χ1) is 12.0. The molecule has 1 amide bonds. The number of piperazine rings is 1. The lowest BCUT2D eigenvalue weighted by Gasteiger charge is -2.35. The summed E-state index contributed by atoms with van der Waals surface area (Å²) in [6, 6.07) is 0. The van der Waals surface area contributed by atoms with Crippen molar-refractivity contribution in [3.63, 3.8) is 0 Å². The van der Waals surface area contributed by atoms with Gasteiger partial charge in [-0.25, -0.2) is 0 Å². The maximum atomic E-state index is 12.5. The third-order valence-electron chi connectivity index (χ3n) is 3.98. The minimum absolute atomic E-state index is 0. The minimum atomic E-state index is -0.328.